The van der Waals surface area contributed by atoms with Crippen LogP contribution in [0.15, 0.2) is 24.3 Å². The first kappa shape index (κ1) is 14.6. The van der Waals surface area contributed by atoms with Crippen LogP contribution in [0.5, 0.6) is 0 Å². The smallest absolute Gasteiger partial charge is 0.0585 e. The van der Waals surface area contributed by atoms with Crippen molar-refractivity contribution in [3.05, 3.63) is 35.4 Å². The molecule has 0 saturated carbocycles. The summed E-state index contributed by atoms with van der Waals surface area (Å²) in [7, 11) is 0. The van der Waals surface area contributed by atoms with Gasteiger partial charge < -0.3 is 0 Å². The third-order valence-electron chi connectivity index (χ3n) is 3.20. The number of hydrogen-bond acceptors (Lipinski definition) is 0. The van der Waals surface area contributed by atoms with E-state index in [0.29, 0.717) is 0 Å². The summed E-state index contributed by atoms with van der Waals surface area (Å²) in [6.45, 7) is 8.94. The lowest BCUT2D eigenvalue weighted by Crippen LogP contribution is -2.10. The zero-order chi connectivity index (χ0) is 12.9. The minimum atomic E-state index is 0.176. The fourth-order valence-electron chi connectivity index (χ4n) is 1.93. The molecule has 0 radical (unpaired) electrons. The molecule has 0 amide bonds. The highest BCUT2D eigenvalue weighted by Crippen LogP contribution is 2.29. The van der Waals surface area contributed by atoms with Gasteiger partial charge in [-0.1, -0.05) is 71.2 Å². The molecule has 0 fully saturated rings. The van der Waals surface area contributed by atoms with E-state index in [1.165, 1.54) is 30.4 Å². The van der Waals surface area contributed by atoms with Crippen molar-refractivity contribution in [1.82, 2.24) is 0 Å². The van der Waals surface area contributed by atoms with Crippen molar-refractivity contribution in [2.75, 3.05) is 0 Å². The molecule has 0 heterocycles. The van der Waals surface area contributed by atoms with Crippen LogP contribution in [0.25, 0.3) is 0 Å². The van der Waals surface area contributed by atoms with Crippen LogP contribution in [0.4, 0.5) is 0 Å². The van der Waals surface area contributed by atoms with Crippen LogP contribution in [0.3, 0.4) is 0 Å². The van der Waals surface area contributed by atoms with Gasteiger partial charge in [0.25, 0.3) is 0 Å². The van der Waals surface area contributed by atoms with Gasteiger partial charge in [-0.2, -0.15) is 0 Å². The summed E-state index contributed by atoms with van der Waals surface area (Å²) in [5.41, 5.74) is 2.86. The van der Waals surface area contributed by atoms with Gasteiger partial charge >= 0.3 is 0 Å². The molecule has 0 spiro atoms. The Balaban J connectivity index is 2.61. The van der Waals surface area contributed by atoms with E-state index in [9.17, 15) is 0 Å². The maximum atomic E-state index is 6.41. The normalized spacial score (nSPS) is 13.7. The van der Waals surface area contributed by atoms with Crippen LogP contribution in [0.1, 0.15) is 69.9 Å². The van der Waals surface area contributed by atoms with Crippen LogP contribution in [0.2, 0.25) is 0 Å². The first-order valence-corrected chi connectivity index (χ1v) is 7.13. The van der Waals surface area contributed by atoms with E-state index in [2.05, 4.69) is 52.0 Å². The minimum absolute atomic E-state index is 0.176. The number of hydrogen-bond donors (Lipinski definition) is 0. The number of benzene rings is 1. The summed E-state index contributed by atoms with van der Waals surface area (Å²) in [5, 5.41) is 0.176. The lowest BCUT2D eigenvalue weighted by molar-refractivity contribution is 0.589. The maximum absolute atomic E-state index is 6.41. The maximum Gasteiger partial charge on any atom is 0.0585 e. The number of halogens is 1. The van der Waals surface area contributed by atoms with Crippen molar-refractivity contribution in [2.45, 2.75) is 64.2 Å². The van der Waals surface area contributed by atoms with Gasteiger partial charge in [0.1, 0.15) is 0 Å². The molecule has 1 unspecified atom stereocenters. The van der Waals surface area contributed by atoms with Gasteiger partial charge in [-0.25, -0.2) is 0 Å². The number of unbranched alkanes of at least 4 members (excludes halogenated alkanes) is 2. The van der Waals surface area contributed by atoms with E-state index in [4.69, 9.17) is 11.6 Å². The Kier molecular flexibility index (Phi) is 5.52. The standard InChI is InChI=1S/C16H25Cl/c1-5-6-7-8-15(17)13-9-11-14(12-10-13)16(2,3)4/h9-12,15H,5-8H2,1-4H3. The molecule has 1 aromatic carbocycles. The summed E-state index contributed by atoms with van der Waals surface area (Å²) in [6, 6.07) is 8.80. The van der Waals surface area contributed by atoms with Crippen molar-refractivity contribution < 1.29 is 0 Å². The van der Waals surface area contributed by atoms with Crippen molar-refractivity contribution in [3.8, 4) is 0 Å². The zero-order valence-electron chi connectivity index (χ0n) is 11.6. The Hall–Kier alpha value is -0.490. The molecule has 1 aromatic rings. The van der Waals surface area contributed by atoms with Crippen LogP contribution < -0.4 is 0 Å². The lowest BCUT2D eigenvalue weighted by atomic mass is 9.86. The molecule has 0 N–H and O–H groups in total. The summed E-state index contributed by atoms with van der Waals surface area (Å²) in [5.74, 6) is 0. The molecule has 0 aliphatic heterocycles. The molecule has 1 atom stereocenters. The second-order valence-corrected chi connectivity index (χ2v) is 6.36. The summed E-state index contributed by atoms with van der Waals surface area (Å²) in [6.07, 6.45) is 4.85. The topological polar surface area (TPSA) is 0 Å². The molecule has 0 aliphatic carbocycles. The van der Waals surface area contributed by atoms with Crippen LogP contribution in [-0.2, 0) is 5.41 Å². The van der Waals surface area contributed by atoms with E-state index in [1.54, 1.807) is 0 Å². The largest absolute Gasteiger partial charge is 0.118 e. The van der Waals surface area contributed by atoms with Gasteiger partial charge in [-0.05, 0) is 23.0 Å². The Morgan fingerprint density at radius 3 is 2.12 bits per heavy atom. The first-order valence-electron chi connectivity index (χ1n) is 6.69. The third kappa shape index (κ3) is 4.71. The van der Waals surface area contributed by atoms with Crippen LogP contribution in [0, 0.1) is 0 Å². The summed E-state index contributed by atoms with van der Waals surface area (Å²) < 4.78 is 0. The van der Waals surface area contributed by atoms with Gasteiger partial charge in [0.15, 0.2) is 0 Å². The highest BCUT2D eigenvalue weighted by atomic mass is 35.5. The molecular weight excluding hydrogens is 228 g/mol. The predicted octanol–water partition coefficient (Wildman–Crippen LogP) is 5.84. The van der Waals surface area contributed by atoms with E-state index < -0.39 is 0 Å². The molecule has 17 heavy (non-hydrogen) atoms. The Labute approximate surface area is 111 Å². The molecule has 1 heteroatoms. The van der Waals surface area contributed by atoms with Gasteiger partial charge in [0.05, 0.1) is 5.38 Å². The van der Waals surface area contributed by atoms with Crippen molar-refractivity contribution >= 4 is 11.6 Å². The van der Waals surface area contributed by atoms with Gasteiger partial charge in [-0.15, -0.1) is 11.6 Å². The number of rotatable bonds is 5. The highest BCUT2D eigenvalue weighted by molar-refractivity contribution is 6.20. The minimum Gasteiger partial charge on any atom is -0.118 e. The van der Waals surface area contributed by atoms with Gasteiger partial charge in [0.2, 0.25) is 0 Å². The first-order chi connectivity index (χ1) is 7.95. The van der Waals surface area contributed by atoms with Gasteiger partial charge in [0, 0.05) is 0 Å². The molecule has 0 saturated heterocycles. The molecule has 1 rings (SSSR count). The second kappa shape index (κ2) is 6.44. The van der Waals surface area contributed by atoms with E-state index >= 15 is 0 Å². The fraction of sp³-hybridized carbons (Fsp3) is 0.625. The van der Waals surface area contributed by atoms with Gasteiger partial charge in [-0.3, -0.25) is 0 Å². The Morgan fingerprint density at radius 1 is 1.06 bits per heavy atom. The monoisotopic (exact) mass is 252 g/mol. The molecule has 0 nitrogen and oxygen atoms in total. The zero-order valence-corrected chi connectivity index (χ0v) is 12.3. The Bertz CT molecular complexity index is 318. The number of alkyl halides is 1. The SMILES string of the molecule is CCCCCC(Cl)c1ccc(C(C)(C)C)cc1. The molecule has 96 valence electrons. The third-order valence-corrected chi connectivity index (χ3v) is 3.67. The van der Waals surface area contributed by atoms with Crippen molar-refractivity contribution in [2.24, 2.45) is 0 Å². The van der Waals surface area contributed by atoms with Crippen LogP contribution >= 0.6 is 11.6 Å². The quantitative estimate of drug-likeness (QED) is 0.456. The summed E-state index contributed by atoms with van der Waals surface area (Å²) in [4.78, 5) is 0. The predicted molar refractivity (Wildman–Crippen MR) is 77.9 cm³/mol. The molecule has 0 aliphatic rings. The highest BCUT2D eigenvalue weighted by Gasteiger charge is 2.14. The lowest BCUT2D eigenvalue weighted by Gasteiger charge is -2.20. The van der Waals surface area contributed by atoms with E-state index in [-0.39, 0.29) is 10.8 Å². The fourth-order valence-corrected chi connectivity index (χ4v) is 2.23. The van der Waals surface area contributed by atoms with Crippen molar-refractivity contribution in [3.63, 3.8) is 0 Å². The average molecular weight is 253 g/mol. The van der Waals surface area contributed by atoms with E-state index in [1.807, 2.05) is 0 Å². The van der Waals surface area contributed by atoms with Crippen molar-refractivity contribution in [1.29, 1.82) is 0 Å². The van der Waals surface area contributed by atoms with Crippen LogP contribution in [-0.4, -0.2) is 0 Å². The van der Waals surface area contributed by atoms with E-state index in [0.717, 1.165) is 6.42 Å². The molecule has 0 aromatic heterocycles. The molecule has 0 bridgehead atoms. The average Bonchev–Trinajstić information content (AvgIpc) is 2.28. The second-order valence-electron chi connectivity index (χ2n) is 5.84. The Morgan fingerprint density at radius 2 is 1.65 bits per heavy atom. The summed E-state index contributed by atoms with van der Waals surface area (Å²) >= 11 is 6.41. The molecular formula is C16H25Cl.